The van der Waals surface area contributed by atoms with E-state index >= 15 is 0 Å². The van der Waals surface area contributed by atoms with Gasteiger partial charge < -0.3 is 14.2 Å². The molecule has 27 heavy (non-hydrogen) atoms. The molecule has 1 aromatic heterocycles. The maximum Gasteiger partial charge on any atom is 0.305 e. The van der Waals surface area contributed by atoms with Gasteiger partial charge in [-0.15, -0.1) is 10.2 Å². The van der Waals surface area contributed by atoms with Crippen molar-refractivity contribution in [3.8, 4) is 11.5 Å². The molecule has 0 spiro atoms. The predicted molar refractivity (Wildman–Crippen MR) is 104 cm³/mol. The van der Waals surface area contributed by atoms with E-state index in [4.69, 9.17) is 14.2 Å². The lowest BCUT2D eigenvalue weighted by molar-refractivity contribution is -0.143. The lowest BCUT2D eigenvalue weighted by Crippen LogP contribution is -2.12. The quantitative estimate of drug-likeness (QED) is 0.275. The summed E-state index contributed by atoms with van der Waals surface area (Å²) in [6.45, 7) is 2.18. The second kappa shape index (κ2) is 10.7. The molecule has 1 amide bonds. The first-order valence-electron chi connectivity index (χ1n) is 8.22. The van der Waals surface area contributed by atoms with E-state index in [1.54, 1.807) is 25.1 Å². The summed E-state index contributed by atoms with van der Waals surface area (Å²) >= 11 is 2.76. The number of thioether (sulfide) groups is 1. The van der Waals surface area contributed by atoms with Crippen LogP contribution in [0.25, 0.3) is 0 Å². The third-order valence-corrected chi connectivity index (χ3v) is 5.35. The fourth-order valence-electron chi connectivity index (χ4n) is 2.04. The van der Waals surface area contributed by atoms with E-state index in [-0.39, 0.29) is 11.9 Å². The van der Waals surface area contributed by atoms with Crippen LogP contribution in [0.5, 0.6) is 11.5 Å². The number of rotatable bonds is 10. The number of amides is 1. The summed E-state index contributed by atoms with van der Waals surface area (Å²) in [6, 6.07) is 4.92. The van der Waals surface area contributed by atoms with Gasteiger partial charge in [-0.1, -0.05) is 23.1 Å². The Morgan fingerprint density at radius 3 is 2.48 bits per heavy atom. The number of anilines is 1. The fourth-order valence-corrected chi connectivity index (χ4v) is 3.79. The molecule has 0 aliphatic carbocycles. The van der Waals surface area contributed by atoms with E-state index in [9.17, 15) is 9.59 Å². The Hall–Kier alpha value is -2.33. The lowest BCUT2D eigenvalue weighted by Gasteiger charge is -2.07. The topological polar surface area (TPSA) is 99.6 Å². The van der Waals surface area contributed by atoms with Crippen LogP contribution in [0.1, 0.15) is 30.1 Å². The standard InChI is InChI=1S/C17H21N3O5S2/c1-4-25-14(21)6-5-7-26-17-20-19-16(27-17)18-15(22)11-8-12(23-2)10-13(9-11)24-3/h8-10H,4-7H2,1-3H3,(H,18,19,22). The number of esters is 1. The number of nitrogens with zero attached hydrogens (tertiary/aromatic N) is 2. The van der Waals surface area contributed by atoms with Crippen molar-refractivity contribution in [1.29, 1.82) is 0 Å². The number of hydrogen-bond donors (Lipinski definition) is 1. The van der Waals surface area contributed by atoms with Gasteiger partial charge in [-0.2, -0.15) is 0 Å². The monoisotopic (exact) mass is 411 g/mol. The van der Waals surface area contributed by atoms with Gasteiger partial charge in [0.15, 0.2) is 4.34 Å². The Balaban J connectivity index is 1.88. The van der Waals surface area contributed by atoms with Crippen LogP contribution in [0.4, 0.5) is 5.13 Å². The van der Waals surface area contributed by atoms with E-state index in [0.29, 0.717) is 47.4 Å². The van der Waals surface area contributed by atoms with E-state index in [2.05, 4.69) is 15.5 Å². The zero-order chi connectivity index (χ0) is 19.6. The zero-order valence-corrected chi connectivity index (χ0v) is 16.9. The van der Waals surface area contributed by atoms with Gasteiger partial charge >= 0.3 is 5.97 Å². The van der Waals surface area contributed by atoms with Crippen molar-refractivity contribution in [2.45, 2.75) is 24.1 Å². The number of ether oxygens (including phenoxy) is 3. The molecular formula is C17H21N3O5S2. The minimum absolute atomic E-state index is 0.197. The third-order valence-electron chi connectivity index (χ3n) is 3.30. The van der Waals surface area contributed by atoms with Gasteiger partial charge in [-0.25, -0.2) is 0 Å². The molecule has 0 bridgehead atoms. The number of methoxy groups -OCH3 is 2. The van der Waals surface area contributed by atoms with Gasteiger partial charge in [0.05, 0.1) is 20.8 Å². The molecule has 0 saturated carbocycles. The van der Waals surface area contributed by atoms with Crippen molar-refractivity contribution in [3.05, 3.63) is 23.8 Å². The number of carbonyl (C=O) groups is 2. The Kier molecular flexibility index (Phi) is 8.34. The minimum Gasteiger partial charge on any atom is -0.497 e. The summed E-state index contributed by atoms with van der Waals surface area (Å²) < 4.78 is 15.9. The first-order chi connectivity index (χ1) is 13.0. The van der Waals surface area contributed by atoms with Crippen molar-refractivity contribution in [2.75, 3.05) is 31.9 Å². The SMILES string of the molecule is CCOC(=O)CCCSc1nnc(NC(=O)c2cc(OC)cc(OC)c2)s1. The average Bonchev–Trinajstić information content (AvgIpc) is 3.12. The summed E-state index contributed by atoms with van der Waals surface area (Å²) in [7, 11) is 3.04. The second-order valence-corrected chi connectivity index (χ2v) is 7.51. The smallest absolute Gasteiger partial charge is 0.305 e. The van der Waals surface area contributed by atoms with E-state index < -0.39 is 0 Å². The molecule has 1 aromatic carbocycles. The highest BCUT2D eigenvalue weighted by molar-refractivity contribution is 8.01. The van der Waals surface area contributed by atoms with E-state index in [1.165, 1.54) is 37.3 Å². The normalized spacial score (nSPS) is 10.3. The average molecular weight is 412 g/mol. The number of benzene rings is 1. The maximum atomic E-state index is 12.4. The summed E-state index contributed by atoms with van der Waals surface area (Å²) in [6.07, 6.45) is 1.06. The van der Waals surface area contributed by atoms with Gasteiger partial charge in [0, 0.05) is 23.8 Å². The van der Waals surface area contributed by atoms with Crippen LogP contribution < -0.4 is 14.8 Å². The number of carbonyl (C=O) groups excluding carboxylic acids is 2. The molecule has 10 heteroatoms. The number of nitrogens with one attached hydrogen (secondary N) is 1. The largest absolute Gasteiger partial charge is 0.497 e. The van der Waals surface area contributed by atoms with Crippen molar-refractivity contribution < 1.29 is 23.8 Å². The summed E-state index contributed by atoms with van der Waals surface area (Å²) in [5.41, 5.74) is 0.394. The molecule has 0 radical (unpaired) electrons. The van der Waals surface area contributed by atoms with Crippen molar-refractivity contribution in [3.63, 3.8) is 0 Å². The van der Waals surface area contributed by atoms with Crippen LogP contribution >= 0.6 is 23.1 Å². The van der Waals surface area contributed by atoms with E-state index in [1.807, 2.05) is 0 Å². The van der Waals surface area contributed by atoms with Gasteiger partial charge in [-0.3, -0.25) is 14.9 Å². The number of hydrogen-bond acceptors (Lipinski definition) is 9. The first kappa shape index (κ1) is 21.0. The third kappa shape index (κ3) is 6.72. The Morgan fingerprint density at radius 1 is 1.15 bits per heavy atom. The van der Waals surface area contributed by atoms with Crippen molar-refractivity contribution in [2.24, 2.45) is 0 Å². The summed E-state index contributed by atoms with van der Waals surface area (Å²) in [5, 5.41) is 11.1. The van der Waals surface area contributed by atoms with E-state index in [0.717, 1.165) is 4.34 Å². The van der Waals surface area contributed by atoms with Gasteiger partial charge in [0.25, 0.3) is 5.91 Å². The molecule has 2 aromatic rings. The minimum atomic E-state index is -0.331. The highest BCUT2D eigenvalue weighted by Crippen LogP contribution is 2.27. The predicted octanol–water partition coefficient (Wildman–Crippen LogP) is 3.24. The molecule has 0 aliphatic heterocycles. The van der Waals surface area contributed by atoms with Gasteiger partial charge in [0.1, 0.15) is 11.5 Å². The molecular weight excluding hydrogens is 390 g/mol. The van der Waals surface area contributed by atoms with Crippen molar-refractivity contribution in [1.82, 2.24) is 10.2 Å². The molecule has 146 valence electrons. The highest BCUT2D eigenvalue weighted by atomic mass is 32.2. The van der Waals surface area contributed by atoms with Crippen LogP contribution in [0.15, 0.2) is 22.5 Å². The summed E-state index contributed by atoms with van der Waals surface area (Å²) in [4.78, 5) is 23.7. The highest BCUT2D eigenvalue weighted by Gasteiger charge is 2.13. The van der Waals surface area contributed by atoms with Crippen LogP contribution in [0, 0.1) is 0 Å². The number of aromatic nitrogens is 2. The van der Waals surface area contributed by atoms with Crippen LogP contribution in [0.3, 0.4) is 0 Å². The molecule has 8 nitrogen and oxygen atoms in total. The zero-order valence-electron chi connectivity index (χ0n) is 15.3. The van der Waals surface area contributed by atoms with Crippen LogP contribution in [0.2, 0.25) is 0 Å². The van der Waals surface area contributed by atoms with Gasteiger partial charge in [0.2, 0.25) is 5.13 Å². The molecule has 2 rings (SSSR count). The van der Waals surface area contributed by atoms with Gasteiger partial charge in [-0.05, 0) is 25.5 Å². The molecule has 1 N–H and O–H groups in total. The Morgan fingerprint density at radius 2 is 1.85 bits per heavy atom. The molecule has 1 heterocycles. The molecule has 0 atom stereocenters. The fraction of sp³-hybridized carbons (Fsp3) is 0.412. The summed E-state index contributed by atoms with van der Waals surface area (Å²) in [5.74, 6) is 1.23. The van der Waals surface area contributed by atoms with Crippen molar-refractivity contribution >= 4 is 40.1 Å². The first-order valence-corrected chi connectivity index (χ1v) is 10.0. The van der Waals surface area contributed by atoms with Crippen LogP contribution in [-0.2, 0) is 9.53 Å². The Labute approximate surface area is 165 Å². The second-order valence-electron chi connectivity index (χ2n) is 5.19. The molecule has 0 fully saturated rings. The maximum absolute atomic E-state index is 12.4. The van der Waals surface area contributed by atoms with Crippen LogP contribution in [-0.4, -0.2) is 48.7 Å². The Bertz CT molecular complexity index is 759. The molecule has 0 unspecified atom stereocenters. The molecule has 0 saturated heterocycles. The lowest BCUT2D eigenvalue weighted by atomic mass is 10.2. The molecule has 0 aliphatic rings.